The van der Waals surface area contributed by atoms with Crippen molar-refractivity contribution in [1.29, 1.82) is 0 Å². The van der Waals surface area contributed by atoms with Gasteiger partial charge in [-0.15, -0.1) is 0 Å². The van der Waals surface area contributed by atoms with E-state index in [9.17, 15) is 4.79 Å². The highest BCUT2D eigenvalue weighted by Crippen LogP contribution is 2.16. The summed E-state index contributed by atoms with van der Waals surface area (Å²) in [4.78, 5) is 11.0. The highest BCUT2D eigenvalue weighted by atomic mass is 16.1. The molecule has 3 N–H and O–H groups in total. The molecule has 100 valence electrons. The van der Waals surface area contributed by atoms with E-state index >= 15 is 0 Å². The smallest absolute Gasteiger partial charge is 0.234 e. The Bertz CT molecular complexity index is 384. The molecule has 1 aromatic rings. The van der Waals surface area contributed by atoms with E-state index in [1.807, 2.05) is 6.92 Å². The van der Waals surface area contributed by atoms with Gasteiger partial charge < -0.3 is 5.73 Å². The largest absolute Gasteiger partial charge is 0.368 e. The van der Waals surface area contributed by atoms with Crippen molar-refractivity contribution in [1.82, 2.24) is 5.32 Å². The van der Waals surface area contributed by atoms with Crippen LogP contribution in [0.1, 0.15) is 44.9 Å². The van der Waals surface area contributed by atoms with Crippen LogP contribution >= 0.6 is 0 Å². The van der Waals surface area contributed by atoms with Crippen LogP contribution in [0.25, 0.3) is 0 Å². The van der Waals surface area contributed by atoms with Crippen LogP contribution in [0.5, 0.6) is 0 Å². The summed E-state index contributed by atoms with van der Waals surface area (Å²) in [7, 11) is 0. The lowest BCUT2D eigenvalue weighted by Crippen LogP contribution is -2.39. The molecule has 2 unspecified atom stereocenters. The Morgan fingerprint density at radius 1 is 1.17 bits per heavy atom. The van der Waals surface area contributed by atoms with Crippen LogP contribution in [-0.4, -0.2) is 11.9 Å². The van der Waals surface area contributed by atoms with E-state index in [1.165, 1.54) is 11.1 Å². The molecule has 0 heterocycles. The van der Waals surface area contributed by atoms with Crippen LogP contribution in [0.3, 0.4) is 0 Å². The van der Waals surface area contributed by atoms with Gasteiger partial charge in [0.05, 0.1) is 6.04 Å². The fraction of sp³-hybridized carbons (Fsp3) is 0.533. The number of hydrogen-bond donors (Lipinski definition) is 2. The highest BCUT2D eigenvalue weighted by Gasteiger charge is 2.13. The Hall–Kier alpha value is -1.35. The molecular formula is C15H24N2O. The molecule has 0 bridgehead atoms. The van der Waals surface area contributed by atoms with Crippen molar-refractivity contribution in [3.63, 3.8) is 0 Å². The number of amides is 1. The monoisotopic (exact) mass is 248 g/mol. The van der Waals surface area contributed by atoms with Crippen molar-refractivity contribution in [2.45, 2.75) is 46.2 Å². The molecule has 0 saturated carbocycles. The molecule has 1 rings (SSSR count). The Balaban J connectivity index is 2.64. The topological polar surface area (TPSA) is 55.1 Å². The van der Waals surface area contributed by atoms with Gasteiger partial charge in [0, 0.05) is 6.04 Å². The van der Waals surface area contributed by atoms with E-state index in [0.717, 1.165) is 6.42 Å². The minimum atomic E-state index is -0.321. The molecule has 0 fully saturated rings. The molecule has 0 aliphatic heterocycles. The predicted molar refractivity (Wildman–Crippen MR) is 75.2 cm³/mol. The first-order valence-electron chi connectivity index (χ1n) is 6.54. The second kappa shape index (κ2) is 6.55. The van der Waals surface area contributed by atoms with Gasteiger partial charge in [0.15, 0.2) is 0 Å². The molecule has 18 heavy (non-hydrogen) atoms. The van der Waals surface area contributed by atoms with Gasteiger partial charge in [-0.25, -0.2) is 0 Å². The maximum absolute atomic E-state index is 11.0. The van der Waals surface area contributed by atoms with Crippen LogP contribution in [-0.2, 0) is 11.2 Å². The number of nitrogens with two attached hydrogens (primary N) is 1. The van der Waals surface area contributed by atoms with Crippen molar-refractivity contribution in [3.8, 4) is 0 Å². The van der Waals surface area contributed by atoms with Crippen molar-refractivity contribution in [2.24, 2.45) is 11.7 Å². The summed E-state index contributed by atoms with van der Waals surface area (Å²) in [5.41, 5.74) is 7.77. The van der Waals surface area contributed by atoms with E-state index in [1.54, 1.807) is 6.92 Å². The summed E-state index contributed by atoms with van der Waals surface area (Å²) in [5.74, 6) is 0.347. The van der Waals surface area contributed by atoms with E-state index in [4.69, 9.17) is 5.73 Å². The second-order valence-electron chi connectivity index (χ2n) is 5.35. The molecule has 3 nitrogen and oxygen atoms in total. The summed E-state index contributed by atoms with van der Waals surface area (Å²) >= 11 is 0. The first-order chi connectivity index (χ1) is 8.40. The average molecular weight is 248 g/mol. The van der Waals surface area contributed by atoms with Crippen molar-refractivity contribution >= 4 is 5.91 Å². The summed E-state index contributed by atoms with van der Waals surface area (Å²) in [5, 5.41) is 3.18. The number of nitrogens with one attached hydrogen (secondary N) is 1. The average Bonchev–Trinajstić information content (AvgIpc) is 2.28. The zero-order valence-electron chi connectivity index (χ0n) is 11.7. The summed E-state index contributed by atoms with van der Waals surface area (Å²) in [6.45, 7) is 8.25. The van der Waals surface area contributed by atoms with Crippen LogP contribution in [0.15, 0.2) is 24.3 Å². The quantitative estimate of drug-likeness (QED) is 0.812. The van der Waals surface area contributed by atoms with Gasteiger partial charge in [0.25, 0.3) is 0 Å². The molecular weight excluding hydrogens is 224 g/mol. The lowest BCUT2D eigenvalue weighted by atomic mass is 9.99. The van der Waals surface area contributed by atoms with Gasteiger partial charge in [0.2, 0.25) is 5.91 Å². The van der Waals surface area contributed by atoms with E-state index in [0.29, 0.717) is 5.92 Å². The third-order valence-electron chi connectivity index (χ3n) is 3.05. The fourth-order valence-electron chi connectivity index (χ4n) is 1.97. The summed E-state index contributed by atoms with van der Waals surface area (Å²) in [6.07, 6.45) is 1.10. The number of benzene rings is 1. The first kappa shape index (κ1) is 14.7. The number of carbonyl (C=O) groups is 1. The van der Waals surface area contributed by atoms with Crippen LogP contribution in [0, 0.1) is 5.92 Å². The molecule has 0 aliphatic rings. The zero-order valence-corrected chi connectivity index (χ0v) is 11.7. The Morgan fingerprint density at radius 3 is 2.17 bits per heavy atom. The third kappa shape index (κ3) is 4.49. The van der Waals surface area contributed by atoms with Gasteiger partial charge in [-0.3, -0.25) is 10.1 Å². The van der Waals surface area contributed by atoms with Crippen molar-refractivity contribution < 1.29 is 4.79 Å². The van der Waals surface area contributed by atoms with Crippen LogP contribution < -0.4 is 11.1 Å². The normalized spacial score (nSPS) is 14.5. The minimum Gasteiger partial charge on any atom is -0.368 e. The molecule has 3 heteroatoms. The van der Waals surface area contributed by atoms with Gasteiger partial charge in [-0.1, -0.05) is 38.1 Å². The maximum Gasteiger partial charge on any atom is 0.234 e. The number of primary amides is 1. The van der Waals surface area contributed by atoms with E-state index in [-0.39, 0.29) is 18.0 Å². The Labute approximate surface area is 110 Å². The van der Waals surface area contributed by atoms with Gasteiger partial charge >= 0.3 is 0 Å². The number of hydrogen-bond acceptors (Lipinski definition) is 2. The lowest BCUT2D eigenvalue weighted by Gasteiger charge is -2.18. The molecule has 0 spiro atoms. The molecule has 1 amide bonds. The van der Waals surface area contributed by atoms with Crippen molar-refractivity contribution in [2.75, 3.05) is 0 Å². The molecule has 0 aliphatic carbocycles. The first-order valence-corrected chi connectivity index (χ1v) is 6.54. The van der Waals surface area contributed by atoms with E-state index in [2.05, 4.69) is 43.4 Å². The third-order valence-corrected chi connectivity index (χ3v) is 3.05. The molecule has 1 aromatic carbocycles. The number of carbonyl (C=O) groups excluding carboxylic acids is 1. The van der Waals surface area contributed by atoms with Crippen LogP contribution in [0.4, 0.5) is 0 Å². The Kier molecular flexibility index (Phi) is 5.35. The van der Waals surface area contributed by atoms with E-state index < -0.39 is 0 Å². The summed E-state index contributed by atoms with van der Waals surface area (Å²) in [6, 6.07) is 8.35. The standard InChI is InChI=1S/C15H24N2O/c1-10(2)9-13-5-7-14(8-6-13)11(3)17-12(4)15(16)18/h5-8,10-12,17H,9H2,1-4H3,(H2,16,18). The number of rotatable bonds is 6. The summed E-state index contributed by atoms with van der Waals surface area (Å²) < 4.78 is 0. The zero-order chi connectivity index (χ0) is 13.7. The fourth-order valence-corrected chi connectivity index (χ4v) is 1.97. The second-order valence-corrected chi connectivity index (χ2v) is 5.35. The predicted octanol–water partition coefficient (Wildman–Crippen LogP) is 2.41. The van der Waals surface area contributed by atoms with Gasteiger partial charge in [-0.2, -0.15) is 0 Å². The highest BCUT2D eigenvalue weighted by molar-refractivity contribution is 5.79. The van der Waals surface area contributed by atoms with Gasteiger partial charge in [-0.05, 0) is 37.3 Å². The van der Waals surface area contributed by atoms with Crippen molar-refractivity contribution in [3.05, 3.63) is 35.4 Å². The Morgan fingerprint density at radius 2 is 1.72 bits per heavy atom. The molecule has 2 atom stereocenters. The molecule has 0 radical (unpaired) electrons. The molecule has 0 saturated heterocycles. The minimum absolute atomic E-state index is 0.126. The maximum atomic E-state index is 11.0. The lowest BCUT2D eigenvalue weighted by molar-refractivity contribution is -0.119. The van der Waals surface area contributed by atoms with Crippen LogP contribution in [0.2, 0.25) is 0 Å². The van der Waals surface area contributed by atoms with Gasteiger partial charge in [0.1, 0.15) is 0 Å². The molecule has 0 aromatic heterocycles. The SMILES string of the molecule is CC(C)Cc1ccc(C(C)NC(C)C(N)=O)cc1.